The van der Waals surface area contributed by atoms with Gasteiger partial charge in [0.2, 0.25) is 0 Å². The predicted octanol–water partition coefficient (Wildman–Crippen LogP) is 1.61. The number of carbonyl (C=O) groups excluding carboxylic acids is 1. The highest BCUT2D eigenvalue weighted by molar-refractivity contribution is 6.04. The molecule has 2 atom stereocenters. The van der Waals surface area contributed by atoms with Crippen LogP contribution in [0.4, 0.5) is 0 Å². The molecular formula is C15H19N3O2. The minimum atomic E-state index is -0.442. The average molecular weight is 273 g/mol. The molecule has 0 saturated heterocycles. The van der Waals surface area contributed by atoms with Gasteiger partial charge in [-0.1, -0.05) is 31.0 Å². The van der Waals surface area contributed by atoms with Crippen LogP contribution >= 0.6 is 0 Å². The Balaban J connectivity index is 1.85. The monoisotopic (exact) mass is 273 g/mol. The zero-order valence-electron chi connectivity index (χ0n) is 11.5. The van der Waals surface area contributed by atoms with Crippen LogP contribution in [0.2, 0.25) is 0 Å². The zero-order chi connectivity index (χ0) is 14.1. The summed E-state index contributed by atoms with van der Waals surface area (Å²) >= 11 is 0. The van der Waals surface area contributed by atoms with Gasteiger partial charge < -0.3 is 10.4 Å². The van der Waals surface area contributed by atoms with Crippen LogP contribution in [0.25, 0.3) is 10.9 Å². The first-order valence-electron chi connectivity index (χ1n) is 7.07. The first-order valence-corrected chi connectivity index (χ1v) is 7.07. The van der Waals surface area contributed by atoms with E-state index in [0.717, 1.165) is 36.6 Å². The maximum Gasteiger partial charge on any atom is 0.272 e. The van der Waals surface area contributed by atoms with Gasteiger partial charge in [0.25, 0.3) is 5.91 Å². The van der Waals surface area contributed by atoms with Crippen LogP contribution < -0.4 is 5.32 Å². The SMILES string of the molecule is Cn1nc(C(=O)NC2CCCCC2O)c2ccccc21. The second kappa shape index (κ2) is 5.25. The summed E-state index contributed by atoms with van der Waals surface area (Å²) in [6.07, 6.45) is 3.22. The summed E-state index contributed by atoms with van der Waals surface area (Å²) in [4.78, 5) is 12.4. The second-order valence-corrected chi connectivity index (χ2v) is 5.42. The molecule has 1 aliphatic carbocycles. The molecule has 1 amide bonds. The molecule has 106 valence electrons. The number of nitrogens with zero attached hydrogens (tertiary/aromatic N) is 2. The molecule has 2 aromatic rings. The maximum absolute atomic E-state index is 12.4. The van der Waals surface area contributed by atoms with Crippen molar-refractivity contribution in [2.24, 2.45) is 7.05 Å². The molecule has 5 nitrogen and oxygen atoms in total. The Morgan fingerprint density at radius 3 is 2.90 bits per heavy atom. The van der Waals surface area contributed by atoms with Gasteiger partial charge in [-0.15, -0.1) is 0 Å². The Bertz CT molecular complexity index is 635. The van der Waals surface area contributed by atoms with Crippen LogP contribution in [0.15, 0.2) is 24.3 Å². The van der Waals surface area contributed by atoms with Crippen molar-refractivity contribution in [3.05, 3.63) is 30.0 Å². The zero-order valence-corrected chi connectivity index (χ0v) is 11.5. The molecule has 1 heterocycles. The van der Waals surface area contributed by atoms with Crippen molar-refractivity contribution in [2.75, 3.05) is 0 Å². The molecular weight excluding hydrogens is 254 g/mol. The Morgan fingerprint density at radius 2 is 2.10 bits per heavy atom. The maximum atomic E-state index is 12.4. The number of amides is 1. The van der Waals surface area contributed by atoms with Gasteiger partial charge in [-0.2, -0.15) is 5.10 Å². The van der Waals surface area contributed by atoms with E-state index in [1.807, 2.05) is 31.3 Å². The molecule has 1 aliphatic rings. The Labute approximate surface area is 117 Å². The number of fused-ring (bicyclic) bond motifs is 1. The molecule has 1 aromatic carbocycles. The van der Waals surface area contributed by atoms with E-state index in [4.69, 9.17) is 0 Å². The highest BCUT2D eigenvalue weighted by Crippen LogP contribution is 2.21. The molecule has 1 aromatic heterocycles. The van der Waals surface area contributed by atoms with E-state index >= 15 is 0 Å². The molecule has 1 fully saturated rings. The lowest BCUT2D eigenvalue weighted by Crippen LogP contribution is -2.45. The number of nitrogens with one attached hydrogen (secondary N) is 1. The lowest BCUT2D eigenvalue weighted by atomic mass is 9.92. The number of rotatable bonds is 2. The van der Waals surface area contributed by atoms with E-state index in [1.54, 1.807) is 4.68 Å². The summed E-state index contributed by atoms with van der Waals surface area (Å²) in [6, 6.07) is 7.51. The van der Waals surface area contributed by atoms with Gasteiger partial charge in [0.15, 0.2) is 5.69 Å². The third kappa shape index (κ3) is 2.29. The Hall–Kier alpha value is -1.88. The molecule has 5 heteroatoms. The van der Waals surface area contributed by atoms with Gasteiger partial charge in [0.1, 0.15) is 0 Å². The number of para-hydroxylation sites is 1. The number of aryl methyl sites for hydroxylation is 1. The topological polar surface area (TPSA) is 67.2 Å². The van der Waals surface area contributed by atoms with Crippen LogP contribution in [0, 0.1) is 0 Å². The van der Waals surface area contributed by atoms with E-state index in [-0.39, 0.29) is 11.9 Å². The lowest BCUT2D eigenvalue weighted by Gasteiger charge is -2.28. The standard InChI is InChI=1S/C15H19N3O2/c1-18-12-8-4-2-6-10(12)14(17-18)15(20)16-11-7-3-5-9-13(11)19/h2,4,6,8,11,13,19H,3,5,7,9H2,1H3,(H,16,20). The molecule has 2 unspecified atom stereocenters. The minimum absolute atomic E-state index is 0.156. The summed E-state index contributed by atoms with van der Waals surface area (Å²) < 4.78 is 1.71. The summed E-state index contributed by atoms with van der Waals surface area (Å²) in [5.41, 5.74) is 1.36. The highest BCUT2D eigenvalue weighted by atomic mass is 16.3. The van der Waals surface area contributed by atoms with E-state index < -0.39 is 6.10 Å². The van der Waals surface area contributed by atoms with Crippen molar-refractivity contribution in [3.63, 3.8) is 0 Å². The fraction of sp³-hybridized carbons (Fsp3) is 0.467. The molecule has 1 saturated carbocycles. The average Bonchev–Trinajstić information content (AvgIpc) is 2.79. The van der Waals surface area contributed by atoms with Crippen LogP contribution in [0.3, 0.4) is 0 Å². The van der Waals surface area contributed by atoms with Crippen molar-refractivity contribution in [3.8, 4) is 0 Å². The van der Waals surface area contributed by atoms with E-state index in [1.165, 1.54) is 0 Å². The van der Waals surface area contributed by atoms with Crippen molar-refractivity contribution in [1.29, 1.82) is 0 Å². The number of aromatic nitrogens is 2. The fourth-order valence-corrected chi connectivity index (χ4v) is 2.90. The molecule has 0 spiro atoms. The summed E-state index contributed by atoms with van der Waals surface area (Å²) in [7, 11) is 1.83. The molecule has 0 radical (unpaired) electrons. The van der Waals surface area contributed by atoms with Gasteiger partial charge in [-0.3, -0.25) is 9.48 Å². The number of aliphatic hydroxyl groups excluding tert-OH is 1. The lowest BCUT2D eigenvalue weighted by molar-refractivity contribution is 0.0714. The van der Waals surface area contributed by atoms with Gasteiger partial charge in [-0.05, 0) is 18.9 Å². The van der Waals surface area contributed by atoms with E-state index in [0.29, 0.717) is 5.69 Å². The molecule has 3 rings (SSSR count). The van der Waals surface area contributed by atoms with Crippen molar-refractivity contribution >= 4 is 16.8 Å². The van der Waals surface area contributed by atoms with Gasteiger partial charge >= 0.3 is 0 Å². The fourth-order valence-electron chi connectivity index (χ4n) is 2.90. The minimum Gasteiger partial charge on any atom is -0.391 e. The van der Waals surface area contributed by atoms with Gasteiger partial charge in [-0.25, -0.2) is 0 Å². The molecule has 20 heavy (non-hydrogen) atoms. The van der Waals surface area contributed by atoms with Crippen LogP contribution in [0.5, 0.6) is 0 Å². The van der Waals surface area contributed by atoms with Crippen molar-refractivity contribution < 1.29 is 9.90 Å². The normalized spacial score (nSPS) is 22.9. The number of benzene rings is 1. The van der Waals surface area contributed by atoms with Gasteiger partial charge in [0, 0.05) is 12.4 Å². The summed E-state index contributed by atoms with van der Waals surface area (Å²) in [6.45, 7) is 0. The Kier molecular flexibility index (Phi) is 3.44. The van der Waals surface area contributed by atoms with E-state index in [9.17, 15) is 9.90 Å². The quantitative estimate of drug-likeness (QED) is 0.873. The molecule has 2 N–H and O–H groups in total. The summed E-state index contributed by atoms with van der Waals surface area (Å²) in [5, 5.41) is 18.0. The molecule has 0 bridgehead atoms. The second-order valence-electron chi connectivity index (χ2n) is 5.42. The van der Waals surface area contributed by atoms with Crippen molar-refractivity contribution in [1.82, 2.24) is 15.1 Å². The van der Waals surface area contributed by atoms with Crippen LogP contribution in [-0.2, 0) is 7.05 Å². The number of hydrogen-bond donors (Lipinski definition) is 2. The highest BCUT2D eigenvalue weighted by Gasteiger charge is 2.26. The van der Waals surface area contributed by atoms with E-state index in [2.05, 4.69) is 10.4 Å². The first kappa shape index (κ1) is 13.1. The van der Waals surface area contributed by atoms with Crippen LogP contribution in [-0.4, -0.2) is 32.9 Å². The molecule has 0 aliphatic heterocycles. The number of aliphatic hydroxyl groups is 1. The summed E-state index contributed by atoms with van der Waals surface area (Å²) in [5.74, 6) is -0.201. The largest absolute Gasteiger partial charge is 0.391 e. The predicted molar refractivity (Wildman–Crippen MR) is 76.4 cm³/mol. The van der Waals surface area contributed by atoms with Crippen LogP contribution in [0.1, 0.15) is 36.2 Å². The Morgan fingerprint density at radius 1 is 1.35 bits per heavy atom. The third-order valence-corrected chi connectivity index (χ3v) is 4.02. The number of hydrogen-bond acceptors (Lipinski definition) is 3. The van der Waals surface area contributed by atoms with Gasteiger partial charge in [0.05, 0.1) is 17.7 Å². The number of carbonyl (C=O) groups is 1. The third-order valence-electron chi connectivity index (χ3n) is 4.02. The smallest absolute Gasteiger partial charge is 0.272 e. The first-order chi connectivity index (χ1) is 9.66. The van der Waals surface area contributed by atoms with Crippen molar-refractivity contribution in [2.45, 2.75) is 37.8 Å².